The molecule has 0 radical (unpaired) electrons. The van der Waals surface area contributed by atoms with Gasteiger partial charge in [0.1, 0.15) is 17.0 Å². The Hall–Kier alpha value is -2.69. The van der Waals surface area contributed by atoms with E-state index >= 15 is 0 Å². The van der Waals surface area contributed by atoms with E-state index < -0.39 is 15.9 Å². The number of fused-ring (bicyclic) bond motifs is 1. The van der Waals surface area contributed by atoms with E-state index in [0.717, 1.165) is 29.5 Å². The van der Waals surface area contributed by atoms with Gasteiger partial charge in [-0.25, -0.2) is 8.42 Å². The summed E-state index contributed by atoms with van der Waals surface area (Å²) in [4.78, 5) is 17.8. The molecular formula is C23H27N3O5S2. The number of carbonyl (C=O) groups excluding carboxylic acids is 1. The van der Waals surface area contributed by atoms with E-state index in [0.29, 0.717) is 28.4 Å². The summed E-state index contributed by atoms with van der Waals surface area (Å²) in [5.41, 5.74) is 1.13. The maximum Gasteiger partial charge on any atom is 0.279 e. The standard InChI is InChI=1S/C23H27N3O5S2/c1-15-7-5-6-12-26(15)33(28,29)18-10-8-16(9-11-18)22(27)24-23-25(2)21-19(31-4)13-17(30-3)14-20(21)32-23/h8-11,13-15H,5-7,12H2,1-4H3. The Bertz CT molecular complexity index is 1360. The van der Waals surface area contributed by atoms with E-state index in [9.17, 15) is 13.2 Å². The number of rotatable bonds is 5. The number of piperidine rings is 1. The van der Waals surface area contributed by atoms with E-state index in [1.54, 1.807) is 29.2 Å². The first-order valence-corrected chi connectivity index (χ1v) is 12.9. The number of sulfonamides is 1. The highest BCUT2D eigenvalue weighted by molar-refractivity contribution is 7.89. The summed E-state index contributed by atoms with van der Waals surface area (Å²) in [6.07, 6.45) is 2.76. The van der Waals surface area contributed by atoms with Crippen LogP contribution in [0.1, 0.15) is 36.5 Å². The highest BCUT2D eigenvalue weighted by atomic mass is 32.2. The summed E-state index contributed by atoms with van der Waals surface area (Å²) in [7, 11) is 1.39. The minimum Gasteiger partial charge on any atom is -0.497 e. The number of aryl methyl sites for hydroxylation is 1. The molecule has 2 aromatic carbocycles. The third-order valence-electron chi connectivity index (χ3n) is 5.94. The predicted molar refractivity (Wildman–Crippen MR) is 127 cm³/mol. The lowest BCUT2D eigenvalue weighted by Gasteiger charge is -2.32. The van der Waals surface area contributed by atoms with Crippen LogP contribution in [0.15, 0.2) is 46.3 Å². The lowest BCUT2D eigenvalue weighted by atomic mass is 10.1. The molecule has 0 saturated carbocycles. The lowest BCUT2D eigenvalue weighted by Crippen LogP contribution is -2.41. The molecule has 0 spiro atoms. The van der Waals surface area contributed by atoms with Crippen molar-refractivity contribution in [2.45, 2.75) is 37.1 Å². The fourth-order valence-electron chi connectivity index (χ4n) is 4.09. The predicted octanol–water partition coefficient (Wildman–Crippen LogP) is 3.56. The number of carbonyl (C=O) groups is 1. The smallest absolute Gasteiger partial charge is 0.279 e. The van der Waals surface area contributed by atoms with Gasteiger partial charge in [0, 0.05) is 31.3 Å². The van der Waals surface area contributed by atoms with Crippen molar-refractivity contribution in [2.24, 2.45) is 12.0 Å². The first-order chi connectivity index (χ1) is 15.8. The van der Waals surface area contributed by atoms with Crippen molar-refractivity contribution in [3.63, 3.8) is 0 Å². The minimum atomic E-state index is -3.59. The van der Waals surface area contributed by atoms with E-state index in [2.05, 4.69) is 4.99 Å². The normalized spacial score (nSPS) is 17.9. The number of hydrogen-bond donors (Lipinski definition) is 0. The van der Waals surface area contributed by atoms with Crippen LogP contribution >= 0.6 is 11.3 Å². The van der Waals surface area contributed by atoms with Gasteiger partial charge in [-0.3, -0.25) is 4.79 Å². The van der Waals surface area contributed by atoms with Gasteiger partial charge in [-0.15, -0.1) is 0 Å². The number of nitrogens with zero attached hydrogens (tertiary/aromatic N) is 3. The van der Waals surface area contributed by atoms with Crippen LogP contribution in [0, 0.1) is 0 Å². The molecule has 1 atom stereocenters. The second-order valence-electron chi connectivity index (χ2n) is 8.02. The number of hydrogen-bond acceptors (Lipinski definition) is 6. The lowest BCUT2D eigenvalue weighted by molar-refractivity contribution is 0.0998. The van der Waals surface area contributed by atoms with Crippen LogP contribution in [0.5, 0.6) is 11.5 Å². The molecule has 4 rings (SSSR count). The molecule has 176 valence electrons. The van der Waals surface area contributed by atoms with Gasteiger partial charge in [-0.1, -0.05) is 17.8 Å². The molecule has 33 heavy (non-hydrogen) atoms. The van der Waals surface area contributed by atoms with Gasteiger partial charge in [0.25, 0.3) is 5.91 Å². The molecule has 0 bridgehead atoms. The molecule has 3 aromatic rings. The Kier molecular flexibility index (Phi) is 6.60. The molecule has 1 amide bonds. The highest BCUT2D eigenvalue weighted by Gasteiger charge is 2.30. The molecular weight excluding hydrogens is 462 g/mol. The zero-order chi connectivity index (χ0) is 23.8. The van der Waals surface area contributed by atoms with E-state index in [4.69, 9.17) is 9.47 Å². The molecule has 1 unspecified atom stereocenters. The average Bonchev–Trinajstić information content (AvgIpc) is 3.13. The van der Waals surface area contributed by atoms with Crippen LogP contribution in [-0.2, 0) is 17.1 Å². The quantitative estimate of drug-likeness (QED) is 0.547. The number of amides is 1. The molecule has 0 aliphatic carbocycles. The third kappa shape index (κ3) is 4.42. The molecule has 1 aliphatic rings. The van der Waals surface area contributed by atoms with Crippen LogP contribution < -0.4 is 14.3 Å². The Morgan fingerprint density at radius 1 is 1.12 bits per heavy atom. The van der Waals surface area contributed by atoms with Gasteiger partial charge in [0.05, 0.1) is 23.8 Å². The van der Waals surface area contributed by atoms with Crippen LogP contribution in [0.3, 0.4) is 0 Å². The largest absolute Gasteiger partial charge is 0.497 e. The monoisotopic (exact) mass is 489 g/mol. The van der Waals surface area contributed by atoms with Gasteiger partial charge < -0.3 is 14.0 Å². The van der Waals surface area contributed by atoms with Crippen molar-refractivity contribution in [1.29, 1.82) is 0 Å². The molecule has 2 heterocycles. The third-order valence-corrected chi connectivity index (χ3v) is 9.05. The summed E-state index contributed by atoms with van der Waals surface area (Å²) in [5.74, 6) is 0.829. The van der Waals surface area contributed by atoms with Crippen LogP contribution in [0.25, 0.3) is 10.2 Å². The first-order valence-electron chi connectivity index (χ1n) is 10.7. The highest BCUT2D eigenvalue weighted by Crippen LogP contribution is 2.32. The molecule has 10 heteroatoms. The first kappa shape index (κ1) is 23.5. The molecule has 1 fully saturated rings. The van der Waals surface area contributed by atoms with Crippen LogP contribution in [-0.4, -0.2) is 50.0 Å². The van der Waals surface area contributed by atoms with Gasteiger partial charge >= 0.3 is 0 Å². The zero-order valence-corrected chi connectivity index (χ0v) is 20.7. The molecule has 0 N–H and O–H groups in total. The number of methoxy groups -OCH3 is 2. The summed E-state index contributed by atoms with van der Waals surface area (Å²) < 4.78 is 41.1. The second kappa shape index (κ2) is 9.28. The molecule has 1 aromatic heterocycles. The van der Waals surface area contributed by atoms with E-state index in [1.165, 1.54) is 35.6 Å². The number of thiazole rings is 1. The van der Waals surface area contributed by atoms with Crippen molar-refractivity contribution in [1.82, 2.24) is 8.87 Å². The fraction of sp³-hybridized carbons (Fsp3) is 0.391. The SMILES string of the molecule is COc1cc(OC)c2c(c1)sc(=NC(=O)c1ccc(S(=O)(=O)N3CCCCC3C)cc1)n2C. The van der Waals surface area contributed by atoms with Crippen molar-refractivity contribution in [3.8, 4) is 11.5 Å². The van der Waals surface area contributed by atoms with Crippen molar-refractivity contribution in [3.05, 3.63) is 46.8 Å². The Labute approximate surface area is 197 Å². The number of aromatic nitrogens is 1. The fourth-order valence-corrected chi connectivity index (χ4v) is 6.85. The van der Waals surface area contributed by atoms with E-state index in [-0.39, 0.29) is 10.9 Å². The van der Waals surface area contributed by atoms with Crippen molar-refractivity contribution in [2.75, 3.05) is 20.8 Å². The second-order valence-corrected chi connectivity index (χ2v) is 10.9. The number of ether oxygens (including phenoxy) is 2. The molecule has 1 saturated heterocycles. The Balaban J connectivity index is 1.65. The average molecular weight is 490 g/mol. The minimum absolute atomic E-state index is 0.0244. The zero-order valence-electron chi connectivity index (χ0n) is 19.1. The van der Waals surface area contributed by atoms with Gasteiger partial charge in [0.15, 0.2) is 4.80 Å². The Morgan fingerprint density at radius 2 is 1.85 bits per heavy atom. The maximum atomic E-state index is 13.0. The van der Waals surface area contributed by atoms with Crippen LogP contribution in [0.4, 0.5) is 0 Å². The maximum absolute atomic E-state index is 13.0. The summed E-state index contributed by atoms with van der Waals surface area (Å²) in [6.45, 7) is 2.46. The van der Waals surface area contributed by atoms with Crippen molar-refractivity contribution >= 4 is 37.5 Å². The summed E-state index contributed by atoms with van der Waals surface area (Å²) >= 11 is 1.35. The van der Waals surface area contributed by atoms with Crippen molar-refractivity contribution < 1.29 is 22.7 Å². The molecule has 8 nitrogen and oxygen atoms in total. The van der Waals surface area contributed by atoms with E-state index in [1.807, 2.05) is 20.0 Å². The Morgan fingerprint density at radius 3 is 2.48 bits per heavy atom. The topological polar surface area (TPSA) is 90.2 Å². The van der Waals surface area contributed by atoms with Gasteiger partial charge in [-0.05, 0) is 50.1 Å². The van der Waals surface area contributed by atoms with Gasteiger partial charge in [0.2, 0.25) is 10.0 Å². The summed E-state index contributed by atoms with van der Waals surface area (Å²) in [5, 5.41) is 0. The van der Waals surface area contributed by atoms with Gasteiger partial charge in [-0.2, -0.15) is 9.30 Å². The summed E-state index contributed by atoms with van der Waals surface area (Å²) in [6, 6.07) is 9.63. The van der Waals surface area contributed by atoms with Crippen LogP contribution in [0.2, 0.25) is 0 Å². The number of benzene rings is 2. The molecule has 1 aliphatic heterocycles.